The maximum atomic E-state index is 11.4. The van der Waals surface area contributed by atoms with Crippen molar-refractivity contribution in [3.8, 4) is 0 Å². The van der Waals surface area contributed by atoms with Crippen LogP contribution >= 0.6 is 0 Å². The lowest BCUT2D eigenvalue weighted by atomic mass is 10.0. The van der Waals surface area contributed by atoms with Gasteiger partial charge in [-0.05, 0) is 5.92 Å². The van der Waals surface area contributed by atoms with Gasteiger partial charge in [0.2, 0.25) is 14.9 Å². The van der Waals surface area contributed by atoms with E-state index in [0.29, 0.717) is 12.5 Å². The molecule has 1 unspecified atom stereocenters. The van der Waals surface area contributed by atoms with Crippen LogP contribution in [0, 0.1) is 5.92 Å². The molecule has 0 aliphatic heterocycles. The third kappa shape index (κ3) is 3.70. The Labute approximate surface area is 124 Å². The lowest BCUT2D eigenvalue weighted by Crippen LogP contribution is -2.27. The van der Waals surface area contributed by atoms with E-state index in [2.05, 4.69) is 29.4 Å². The molecule has 2 aromatic rings. The average Bonchev–Trinajstić information content (AvgIpc) is 2.98. The molecule has 8 heteroatoms. The summed E-state index contributed by atoms with van der Waals surface area (Å²) in [5, 5.41) is 11.4. The molecule has 1 atom stereocenters. The van der Waals surface area contributed by atoms with Gasteiger partial charge in [-0.1, -0.05) is 13.8 Å². The van der Waals surface area contributed by atoms with E-state index in [1.165, 1.54) is 12.3 Å². The van der Waals surface area contributed by atoms with Crippen molar-refractivity contribution in [3.05, 3.63) is 30.0 Å². The van der Waals surface area contributed by atoms with Gasteiger partial charge in [-0.25, -0.2) is 8.42 Å². The van der Waals surface area contributed by atoms with E-state index in [1.807, 2.05) is 11.6 Å². The third-order valence-electron chi connectivity index (χ3n) is 3.21. The summed E-state index contributed by atoms with van der Waals surface area (Å²) in [4.78, 5) is 0. The highest BCUT2D eigenvalue weighted by atomic mass is 32.2. The van der Waals surface area contributed by atoms with Crippen molar-refractivity contribution in [3.63, 3.8) is 0 Å². The van der Waals surface area contributed by atoms with E-state index in [0.717, 1.165) is 17.6 Å². The van der Waals surface area contributed by atoms with Crippen LogP contribution in [0.3, 0.4) is 0 Å². The van der Waals surface area contributed by atoms with E-state index < -0.39 is 9.84 Å². The molecule has 0 spiro atoms. The van der Waals surface area contributed by atoms with Crippen molar-refractivity contribution in [2.45, 2.75) is 31.5 Å². The van der Waals surface area contributed by atoms with Crippen molar-refractivity contribution in [2.75, 3.05) is 6.26 Å². The van der Waals surface area contributed by atoms with Gasteiger partial charge in [0.15, 0.2) is 0 Å². The number of hydrogen-bond acceptors (Lipinski definition) is 6. The van der Waals surface area contributed by atoms with Gasteiger partial charge in [-0.2, -0.15) is 0 Å². The van der Waals surface area contributed by atoms with Gasteiger partial charge < -0.3 is 14.3 Å². The first kappa shape index (κ1) is 15.7. The molecule has 0 aliphatic carbocycles. The summed E-state index contributed by atoms with van der Waals surface area (Å²) in [5.41, 5.74) is 0.781. The molecule has 0 saturated heterocycles. The Morgan fingerprint density at radius 2 is 2.14 bits per heavy atom. The quantitative estimate of drug-likeness (QED) is 0.864. The van der Waals surface area contributed by atoms with Crippen molar-refractivity contribution in [1.29, 1.82) is 0 Å². The van der Waals surface area contributed by atoms with Crippen LogP contribution in [0.4, 0.5) is 0 Å². The van der Waals surface area contributed by atoms with E-state index in [4.69, 9.17) is 4.42 Å². The first-order chi connectivity index (χ1) is 9.79. The summed E-state index contributed by atoms with van der Waals surface area (Å²) >= 11 is 0. The van der Waals surface area contributed by atoms with Crippen LogP contribution in [0.15, 0.2) is 28.2 Å². The molecule has 7 nitrogen and oxygen atoms in total. The molecule has 0 fully saturated rings. The molecule has 0 radical (unpaired) electrons. The molecule has 2 aromatic heterocycles. The molecule has 0 aromatic carbocycles. The molecule has 2 rings (SSSR count). The van der Waals surface area contributed by atoms with Crippen LogP contribution in [0.2, 0.25) is 0 Å². The van der Waals surface area contributed by atoms with E-state index in [-0.39, 0.29) is 11.1 Å². The minimum Gasteiger partial charge on any atom is -0.453 e. The highest BCUT2D eigenvalue weighted by Crippen LogP contribution is 2.20. The predicted molar refractivity (Wildman–Crippen MR) is 77.2 cm³/mol. The first-order valence-electron chi connectivity index (χ1n) is 6.63. The summed E-state index contributed by atoms with van der Waals surface area (Å²) < 4.78 is 29.7. The number of aromatic nitrogens is 3. The normalized spacial score (nSPS) is 13.8. The average molecular weight is 312 g/mol. The van der Waals surface area contributed by atoms with Crippen molar-refractivity contribution >= 4 is 9.84 Å². The van der Waals surface area contributed by atoms with Gasteiger partial charge in [-0.3, -0.25) is 0 Å². The summed E-state index contributed by atoms with van der Waals surface area (Å²) in [6, 6.07) is 1.56. The number of aryl methyl sites for hydroxylation is 1. The standard InChI is InChI=1S/C13H20N4O3S/c1-9(2)12(13-16-15-8-17(13)3)14-6-10-5-11(20-7-10)21(4,18)19/h5,7-9,12,14H,6H2,1-4H3. The van der Waals surface area contributed by atoms with Crippen LogP contribution in [-0.4, -0.2) is 29.4 Å². The Morgan fingerprint density at radius 3 is 2.62 bits per heavy atom. The Hall–Kier alpha value is -1.67. The molecule has 1 N–H and O–H groups in total. The topological polar surface area (TPSA) is 90.0 Å². The van der Waals surface area contributed by atoms with E-state index >= 15 is 0 Å². The Kier molecular flexibility index (Phi) is 4.48. The highest BCUT2D eigenvalue weighted by molar-refractivity contribution is 7.90. The minimum atomic E-state index is -3.31. The van der Waals surface area contributed by atoms with Crippen LogP contribution in [0.1, 0.15) is 31.3 Å². The molecular formula is C13H20N4O3S. The van der Waals surface area contributed by atoms with Crippen molar-refractivity contribution in [1.82, 2.24) is 20.1 Å². The summed E-state index contributed by atoms with van der Waals surface area (Å²) in [6.45, 7) is 4.67. The van der Waals surface area contributed by atoms with Crippen LogP contribution in [0.25, 0.3) is 0 Å². The molecule has 2 heterocycles. The Bertz CT molecular complexity index is 703. The van der Waals surface area contributed by atoms with Gasteiger partial charge in [0.25, 0.3) is 0 Å². The SMILES string of the molecule is CC(C)C(NCc1coc(S(C)(=O)=O)c1)c1nncn1C. The maximum Gasteiger partial charge on any atom is 0.217 e. The van der Waals surface area contributed by atoms with Crippen molar-refractivity contribution < 1.29 is 12.8 Å². The van der Waals surface area contributed by atoms with Gasteiger partial charge in [0.1, 0.15) is 12.2 Å². The lowest BCUT2D eigenvalue weighted by molar-refractivity contribution is 0.382. The molecule has 116 valence electrons. The van der Waals surface area contributed by atoms with Gasteiger partial charge in [0.05, 0.1) is 12.3 Å². The van der Waals surface area contributed by atoms with Crippen molar-refractivity contribution in [2.24, 2.45) is 13.0 Å². The maximum absolute atomic E-state index is 11.4. The zero-order valence-electron chi connectivity index (χ0n) is 12.6. The summed E-state index contributed by atoms with van der Waals surface area (Å²) in [7, 11) is -1.41. The second-order valence-electron chi connectivity index (χ2n) is 5.45. The Morgan fingerprint density at radius 1 is 1.43 bits per heavy atom. The van der Waals surface area contributed by atoms with Gasteiger partial charge in [-0.15, -0.1) is 10.2 Å². The summed E-state index contributed by atoms with van der Waals surface area (Å²) in [5.74, 6) is 1.16. The highest BCUT2D eigenvalue weighted by Gasteiger charge is 2.21. The van der Waals surface area contributed by atoms with E-state index in [1.54, 1.807) is 6.33 Å². The lowest BCUT2D eigenvalue weighted by Gasteiger charge is -2.21. The number of rotatable bonds is 6. The summed E-state index contributed by atoms with van der Waals surface area (Å²) in [6.07, 6.45) is 4.24. The van der Waals surface area contributed by atoms with Crippen LogP contribution < -0.4 is 5.32 Å². The molecule has 0 saturated carbocycles. The zero-order chi connectivity index (χ0) is 15.6. The van der Waals surface area contributed by atoms with E-state index in [9.17, 15) is 8.42 Å². The van der Waals surface area contributed by atoms with Gasteiger partial charge >= 0.3 is 0 Å². The number of furan rings is 1. The second kappa shape index (κ2) is 5.98. The third-order valence-corrected chi connectivity index (χ3v) is 4.16. The molecule has 0 bridgehead atoms. The smallest absolute Gasteiger partial charge is 0.217 e. The van der Waals surface area contributed by atoms with Gasteiger partial charge in [0, 0.05) is 31.5 Å². The predicted octanol–water partition coefficient (Wildman–Crippen LogP) is 1.30. The molecule has 0 aliphatic rings. The molecular weight excluding hydrogens is 292 g/mol. The Balaban J connectivity index is 2.10. The minimum absolute atomic E-state index is 0.0148. The zero-order valence-corrected chi connectivity index (χ0v) is 13.4. The first-order valence-corrected chi connectivity index (χ1v) is 8.53. The monoisotopic (exact) mass is 312 g/mol. The number of hydrogen-bond donors (Lipinski definition) is 1. The number of nitrogens with one attached hydrogen (secondary N) is 1. The number of sulfone groups is 1. The van der Waals surface area contributed by atoms with Crippen LogP contribution in [0.5, 0.6) is 0 Å². The fourth-order valence-corrected chi connectivity index (χ4v) is 2.66. The largest absolute Gasteiger partial charge is 0.453 e. The second-order valence-corrected chi connectivity index (χ2v) is 7.40. The number of nitrogens with zero attached hydrogens (tertiary/aromatic N) is 3. The molecule has 0 amide bonds. The molecule has 21 heavy (non-hydrogen) atoms. The fraction of sp³-hybridized carbons (Fsp3) is 0.538. The fourth-order valence-electron chi connectivity index (χ4n) is 2.07. The van der Waals surface area contributed by atoms with Crippen LogP contribution in [-0.2, 0) is 23.4 Å².